The van der Waals surface area contributed by atoms with E-state index in [-0.39, 0.29) is 0 Å². The maximum absolute atomic E-state index is 6.14. The van der Waals surface area contributed by atoms with Crippen molar-refractivity contribution in [1.82, 2.24) is 39.5 Å². The zero-order valence-electron chi connectivity index (χ0n) is 49.7. The molecule has 7 fully saturated rings. The molecule has 0 spiro atoms. The van der Waals surface area contributed by atoms with Crippen LogP contribution < -0.4 is 37.5 Å². The van der Waals surface area contributed by atoms with Gasteiger partial charge < -0.3 is 71.3 Å². The molecule has 0 bridgehead atoms. The number of nitrogen functional groups attached to an aromatic ring is 1. The van der Waals surface area contributed by atoms with Gasteiger partial charge in [0, 0.05) is 102 Å². The van der Waals surface area contributed by atoms with Crippen LogP contribution in [0.1, 0.15) is 154 Å². The highest BCUT2D eigenvalue weighted by Crippen LogP contribution is 2.26. The van der Waals surface area contributed by atoms with E-state index in [1.165, 1.54) is 188 Å². The van der Waals surface area contributed by atoms with E-state index >= 15 is 0 Å². The summed E-state index contributed by atoms with van der Waals surface area (Å²) in [6.45, 7) is 18.5. The van der Waals surface area contributed by atoms with Crippen LogP contribution in [0.2, 0.25) is 0 Å². The molecule has 4 saturated heterocycles. The van der Waals surface area contributed by atoms with Crippen LogP contribution >= 0.6 is 0 Å². The largest absolute Gasteiger partial charge is 0.493 e. The molecule has 7 aliphatic rings. The Morgan fingerprint density at radius 3 is 1.29 bits per heavy atom. The third-order valence-electron chi connectivity index (χ3n) is 16.9. The molecule has 10 rings (SSSR count). The van der Waals surface area contributed by atoms with Crippen molar-refractivity contribution >= 4 is 29.2 Å². The third-order valence-corrected chi connectivity index (χ3v) is 16.9. The quantitative estimate of drug-likeness (QED) is 0.0328. The molecule has 8 N–H and O–H groups in total. The molecule has 80 heavy (non-hydrogen) atoms. The fourth-order valence-electron chi connectivity index (χ4n) is 12.4. The van der Waals surface area contributed by atoms with Gasteiger partial charge in [-0.25, -0.2) is 9.97 Å². The number of rotatable bonds is 26. The SMILES string of the molecule is CNc1ccnc(N[C@@H]2CCC[C@H](OCCCN3CCCC3)C2)n1.CNc1ccnc(N[C@H]2CCC[C@@H](OCCCN3CCCC3)C2)n1.NC1CCCC(OCCCN2CCCC2)C1.Nc1cccc(OCCCN2CCCC2)c1. The molecule has 3 saturated carbocycles. The number of ether oxygens (including phenoxy) is 4. The van der Waals surface area contributed by atoms with Gasteiger partial charge in [-0.15, -0.1) is 0 Å². The minimum absolute atomic E-state index is 0.377. The van der Waals surface area contributed by atoms with Gasteiger partial charge in [-0.1, -0.05) is 6.07 Å². The average Bonchev–Trinajstić information content (AvgIpc) is 4.36. The summed E-state index contributed by atoms with van der Waals surface area (Å²) in [6, 6.07) is 12.6. The van der Waals surface area contributed by atoms with E-state index in [0.717, 1.165) is 94.6 Å². The Hall–Kier alpha value is -4.14. The second-order valence-electron chi connectivity index (χ2n) is 23.5. The predicted molar refractivity (Wildman–Crippen MR) is 328 cm³/mol. The highest BCUT2D eigenvalue weighted by atomic mass is 16.5. The Morgan fingerprint density at radius 2 is 0.887 bits per heavy atom. The average molecular weight is 1110 g/mol. The zero-order valence-corrected chi connectivity index (χ0v) is 49.7. The number of hydrogen-bond donors (Lipinski definition) is 6. The van der Waals surface area contributed by atoms with Crippen LogP contribution in [-0.4, -0.2) is 195 Å². The molecule has 6 heterocycles. The summed E-state index contributed by atoms with van der Waals surface area (Å²) >= 11 is 0. The molecule has 6 atom stereocenters. The number of benzene rings is 1. The topological polar surface area (TPSA) is 202 Å². The van der Waals surface area contributed by atoms with Crippen LogP contribution in [0.5, 0.6) is 5.75 Å². The summed E-state index contributed by atoms with van der Waals surface area (Å²) in [7, 11) is 3.75. The normalized spacial score (nSPS) is 24.6. The van der Waals surface area contributed by atoms with E-state index in [1.54, 1.807) is 12.4 Å². The molecular weight excluding hydrogens is 1000 g/mol. The van der Waals surface area contributed by atoms with Crippen molar-refractivity contribution in [2.75, 3.05) is 146 Å². The first kappa shape index (κ1) is 63.4. The smallest absolute Gasteiger partial charge is 0.224 e. The molecular formula is C62H108N14O4. The Bertz CT molecular complexity index is 1970. The molecule has 2 aromatic heterocycles. The van der Waals surface area contributed by atoms with Gasteiger partial charge in [-0.05, 0) is 231 Å². The lowest BCUT2D eigenvalue weighted by atomic mass is 9.93. The van der Waals surface area contributed by atoms with E-state index in [0.29, 0.717) is 48.3 Å². The van der Waals surface area contributed by atoms with E-state index in [2.05, 4.69) is 60.8 Å². The van der Waals surface area contributed by atoms with Gasteiger partial charge in [-0.2, -0.15) is 9.97 Å². The predicted octanol–water partition coefficient (Wildman–Crippen LogP) is 9.38. The molecule has 4 aliphatic heterocycles. The van der Waals surface area contributed by atoms with Crippen molar-refractivity contribution in [3.63, 3.8) is 0 Å². The van der Waals surface area contributed by atoms with Gasteiger partial charge in [0.05, 0.1) is 24.9 Å². The molecule has 3 aliphatic carbocycles. The third kappa shape index (κ3) is 25.6. The summed E-state index contributed by atoms with van der Waals surface area (Å²) < 4.78 is 23.8. The van der Waals surface area contributed by atoms with E-state index < -0.39 is 0 Å². The Balaban J connectivity index is 0.000000157. The van der Waals surface area contributed by atoms with Crippen molar-refractivity contribution < 1.29 is 18.9 Å². The van der Waals surface area contributed by atoms with Gasteiger partial charge in [0.25, 0.3) is 0 Å². The molecule has 0 amide bonds. The van der Waals surface area contributed by atoms with Gasteiger partial charge in [0.15, 0.2) is 0 Å². The lowest BCUT2D eigenvalue weighted by Crippen LogP contribution is -2.32. The number of nitrogens with one attached hydrogen (secondary N) is 4. The van der Waals surface area contributed by atoms with Crippen LogP contribution in [-0.2, 0) is 14.2 Å². The minimum atomic E-state index is 0.377. The van der Waals surface area contributed by atoms with Crippen molar-refractivity contribution in [1.29, 1.82) is 0 Å². The van der Waals surface area contributed by atoms with Gasteiger partial charge >= 0.3 is 0 Å². The van der Waals surface area contributed by atoms with E-state index in [1.807, 2.05) is 50.5 Å². The van der Waals surface area contributed by atoms with Crippen molar-refractivity contribution in [3.05, 3.63) is 48.8 Å². The first-order chi connectivity index (χ1) is 39.3. The Labute approximate surface area is 482 Å². The number of hydrogen-bond acceptors (Lipinski definition) is 18. The summed E-state index contributed by atoms with van der Waals surface area (Å²) in [4.78, 5) is 27.7. The molecule has 3 aromatic rings. The number of nitrogens with zero attached hydrogens (tertiary/aromatic N) is 8. The fourth-order valence-corrected chi connectivity index (χ4v) is 12.4. The maximum Gasteiger partial charge on any atom is 0.224 e. The molecule has 18 heteroatoms. The first-order valence-electron chi connectivity index (χ1n) is 31.9. The second kappa shape index (κ2) is 37.9. The van der Waals surface area contributed by atoms with Crippen LogP contribution in [0.4, 0.5) is 29.2 Å². The van der Waals surface area contributed by atoms with Crippen LogP contribution in [0.25, 0.3) is 0 Å². The van der Waals surface area contributed by atoms with E-state index in [4.69, 9.17) is 30.4 Å². The molecule has 450 valence electrons. The summed E-state index contributed by atoms with van der Waals surface area (Å²) in [6.07, 6.45) is 34.3. The highest BCUT2D eigenvalue weighted by molar-refractivity contribution is 5.43. The molecule has 0 radical (unpaired) electrons. The van der Waals surface area contributed by atoms with Crippen molar-refractivity contribution in [3.8, 4) is 5.75 Å². The summed E-state index contributed by atoms with van der Waals surface area (Å²) in [5.74, 6) is 3.99. The molecule has 2 unspecified atom stereocenters. The molecule has 18 nitrogen and oxygen atoms in total. The Kier molecular flexibility index (Phi) is 30.0. The minimum Gasteiger partial charge on any atom is -0.493 e. The summed E-state index contributed by atoms with van der Waals surface area (Å²) in [5, 5.41) is 13.0. The fraction of sp³-hybridized carbons (Fsp3) is 0.774. The van der Waals surface area contributed by atoms with Crippen LogP contribution in [0.15, 0.2) is 48.8 Å². The van der Waals surface area contributed by atoms with Crippen molar-refractivity contribution in [2.45, 2.75) is 191 Å². The standard InChI is InChI=1S/2C18H31N5O.C13H26N2O.C13H20N2O/c2*1-19-17-8-9-20-18(22-17)21-15-6-4-7-16(14-15)24-13-5-12-23-10-2-3-11-23;2*14-12-5-3-6-13(11-12)16-10-4-9-15-7-1-2-8-15/h2*8-9,15-16H,2-7,10-14H2,1H3,(H2,19,20,21,22);12-13H,1-11,14H2;3,5-6,11H,1-2,4,7-10,14H2/t2*15-,16+;;/m10../s1. The van der Waals surface area contributed by atoms with Crippen molar-refractivity contribution in [2.24, 2.45) is 5.73 Å². The summed E-state index contributed by atoms with van der Waals surface area (Å²) in [5.41, 5.74) is 12.4. The lowest BCUT2D eigenvalue weighted by molar-refractivity contribution is 0.0196. The second-order valence-corrected chi connectivity index (χ2v) is 23.5. The number of likely N-dealkylation sites (tertiary alicyclic amines) is 4. The number of anilines is 5. The van der Waals surface area contributed by atoms with Crippen LogP contribution in [0, 0.1) is 0 Å². The van der Waals surface area contributed by atoms with Gasteiger partial charge in [0.2, 0.25) is 11.9 Å². The van der Waals surface area contributed by atoms with E-state index in [9.17, 15) is 0 Å². The number of aromatic nitrogens is 4. The van der Waals surface area contributed by atoms with Gasteiger partial charge in [-0.3, -0.25) is 0 Å². The zero-order chi connectivity index (χ0) is 55.7. The first-order valence-corrected chi connectivity index (χ1v) is 31.9. The monoisotopic (exact) mass is 1110 g/mol. The maximum atomic E-state index is 6.14. The lowest BCUT2D eigenvalue weighted by Gasteiger charge is -2.30. The Morgan fingerprint density at radius 1 is 0.487 bits per heavy atom. The van der Waals surface area contributed by atoms with Gasteiger partial charge in [0.1, 0.15) is 17.4 Å². The molecule has 1 aromatic carbocycles. The van der Waals surface area contributed by atoms with Crippen LogP contribution in [0.3, 0.4) is 0 Å². The highest BCUT2D eigenvalue weighted by Gasteiger charge is 2.25. The number of nitrogens with two attached hydrogens (primary N) is 2.